The normalized spacial score (nSPS) is 13.9. The molecule has 0 atom stereocenters. The molecule has 13 heteroatoms. The van der Waals surface area contributed by atoms with Gasteiger partial charge in [0.15, 0.2) is 22.8 Å². The maximum absolute atomic E-state index is 11.5. The Morgan fingerprint density at radius 2 is 1.94 bits per heavy atom. The molecule has 5 rings (SSSR count). The lowest BCUT2D eigenvalue weighted by atomic mass is 10.2. The summed E-state index contributed by atoms with van der Waals surface area (Å²) in [5.41, 5.74) is 5.38. The number of morpholine rings is 1. The van der Waals surface area contributed by atoms with Crippen molar-refractivity contribution < 1.29 is 14.7 Å². The van der Waals surface area contributed by atoms with Crippen molar-refractivity contribution in [2.75, 3.05) is 43.2 Å². The molecule has 0 saturated carbocycles. The number of amides is 1. The van der Waals surface area contributed by atoms with Crippen LogP contribution in [0, 0.1) is 6.92 Å². The molecule has 1 saturated heterocycles. The van der Waals surface area contributed by atoms with Gasteiger partial charge in [-0.3, -0.25) is 10.0 Å². The van der Waals surface area contributed by atoms with E-state index in [0.717, 1.165) is 47.0 Å². The van der Waals surface area contributed by atoms with Crippen molar-refractivity contribution >= 4 is 40.2 Å². The first-order valence-corrected chi connectivity index (χ1v) is 12.0. The number of thiophene rings is 1. The van der Waals surface area contributed by atoms with Crippen LogP contribution in [0.25, 0.3) is 22.6 Å². The molecule has 5 heterocycles. The summed E-state index contributed by atoms with van der Waals surface area (Å²) in [6.45, 7) is 5.23. The van der Waals surface area contributed by atoms with Gasteiger partial charge in [0.05, 0.1) is 25.3 Å². The third-order valence-electron chi connectivity index (χ3n) is 5.92. The van der Waals surface area contributed by atoms with E-state index in [-0.39, 0.29) is 5.56 Å². The maximum atomic E-state index is 11.5. The summed E-state index contributed by atoms with van der Waals surface area (Å²) in [6, 6.07) is 0. The number of aromatic nitrogens is 6. The summed E-state index contributed by atoms with van der Waals surface area (Å²) in [4.78, 5) is 38.8. The molecule has 0 spiro atoms. The van der Waals surface area contributed by atoms with Crippen molar-refractivity contribution in [3.8, 4) is 11.4 Å². The molecule has 4 aromatic heterocycles. The van der Waals surface area contributed by atoms with Gasteiger partial charge < -0.3 is 19.1 Å². The average molecular weight is 496 g/mol. The van der Waals surface area contributed by atoms with Crippen LogP contribution in [-0.4, -0.2) is 74.0 Å². The molecule has 1 aliphatic heterocycles. The molecular formula is C22H25N9O3S. The van der Waals surface area contributed by atoms with Gasteiger partial charge in [-0.1, -0.05) is 0 Å². The van der Waals surface area contributed by atoms with E-state index in [9.17, 15) is 4.79 Å². The predicted octanol–water partition coefficient (Wildman–Crippen LogP) is 1.78. The van der Waals surface area contributed by atoms with Crippen LogP contribution < -0.4 is 15.3 Å². The Morgan fingerprint density at radius 3 is 2.60 bits per heavy atom. The predicted molar refractivity (Wildman–Crippen MR) is 131 cm³/mol. The summed E-state index contributed by atoms with van der Waals surface area (Å²) in [6.07, 6.45) is 2.72. The van der Waals surface area contributed by atoms with Crippen LogP contribution in [0.15, 0.2) is 23.2 Å². The Bertz CT molecular complexity index is 1360. The number of carbonyl (C=O) groups excluding carboxylic acids is 1. The Kier molecular flexibility index (Phi) is 6.28. The molecule has 0 unspecified atom stereocenters. The SMILES string of the molecule is Cc1cscc1-c1nc(N2CCOCC2)c2nc(CN(C)c3ncc(C(=O)NO)cn3)n(C)c2n1. The van der Waals surface area contributed by atoms with E-state index in [1.807, 2.05) is 23.6 Å². The number of hydrogen-bond acceptors (Lipinski definition) is 11. The van der Waals surface area contributed by atoms with Crippen LogP contribution in [-0.2, 0) is 18.3 Å². The molecule has 1 fully saturated rings. The first-order chi connectivity index (χ1) is 17.0. The van der Waals surface area contributed by atoms with E-state index < -0.39 is 5.91 Å². The van der Waals surface area contributed by atoms with Crippen LogP contribution in [0.1, 0.15) is 21.7 Å². The zero-order valence-electron chi connectivity index (χ0n) is 19.6. The van der Waals surface area contributed by atoms with Crippen LogP contribution in [0.3, 0.4) is 0 Å². The summed E-state index contributed by atoms with van der Waals surface area (Å²) >= 11 is 1.63. The molecule has 12 nitrogen and oxygen atoms in total. The summed E-state index contributed by atoms with van der Waals surface area (Å²) < 4.78 is 7.52. The maximum Gasteiger partial charge on any atom is 0.277 e. The molecule has 182 valence electrons. The number of imidazole rings is 1. The fraction of sp³-hybridized carbons (Fsp3) is 0.364. The van der Waals surface area contributed by atoms with Gasteiger partial charge in [0, 0.05) is 50.5 Å². The number of fused-ring (bicyclic) bond motifs is 1. The molecule has 1 amide bonds. The van der Waals surface area contributed by atoms with E-state index in [2.05, 4.69) is 32.6 Å². The van der Waals surface area contributed by atoms with Crippen LogP contribution in [0.4, 0.5) is 11.8 Å². The standard InChI is InChI=1S/C22H25N9O3S/c1-13-11-35-12-15(13)18-26-19-17(20(27-18)31-4-6-34-7-5-31)25-16(30(19)3)10-29(2)22-23-8-14(9-24-22)21(32)28-33/h8-9,11-12,33H,4-7,10H2,1-3H3,(H,28,32). The number of hydroxylamine groups is 1. The third-order valence-corrected chi connectivity index (χ3v) is 6.78. The monoisotopic (exact) mass is 495 g/mol. The zero-order valence-corrected chi connectivity index (χ0v) is 20.4. The highest BCUT2D eigenvalue weighted by Crippen LogP contribution is 2.31. The molecule has 1 aliphatic rings. The van der Waals surface area contributed by atoms with E-state index >= 15 is 0 Å². The van der Waals surface area contributed by atoms with Gasteiger partial charge in [-0.2, -0.15) is 11.3 Å². The van der Waals surface area contributed by atoms with Crippen molar-refractivity contribution in [2.24, 2.45) is 7.05 Å². The summed E-state index contributed by atoms with van der Waals surface area (Å²) in [5, 5.41) is 12.9. The smallest absolute Gasteiger partial charge is 0.277 e. The number of nitrogens with zero attached hydrogens (tertiary/aromatic N) is 8. The number of hydrogen-bond donors (Lipinski definition) is 2. The van der Waals surface area contributed by atoms with Crippen molar-refractivity contribution in [1.82, 2.24) is 35.0 Å². The molecular weight excluding hydrogens is 470 g/mol. The van der Waals surface area contributed by atoms with Gasteiger partial charge in [0.2, 0.25) is 5.95 Å². The highest BCUT2D eigenvalue weighted by atomic mass is 32.1. The number of nitrogens with one attached hydrogen (secondary N) is 1. The number of aryl methyl sites for hydroxylation is 2. The van der Waals surface area contributed by atoms with E-state index in [1.54, 1.807) is 16.8 Å². The minimum Gasteiger partial charge on any atom is -0.378 e. The highest BCUT2D eigenvalue weighted by molar-refractivity contribution is 7.08. The lowest BCUT2D eigenvalue weighted by Gasteiger charge is -2.28. The van der Waals surface area contributed by atoms with Crippen LogP contribution in [0.5, 0.6) is 0 Å². The minimum absolute atomic E-state index is 0.161. The van der Waals surface area contributed by atoms with Crippen LogP contribution >= 0.6 is 11.3 Å². The minimum atomic E-state index is -0.666. The molecule has 4 aromatic rings. The second-order valence-electron chi connectivity index (χ2n) is 8.27. The summed E-state index contributed by atoms with van der Waals surface area (Å²) in [5.74, 6) is 2.01. The second-order valence-corrected chi connectivity index (χ2v) is 9.01. The second kappa shape index (κ2) is 9.52. The van der Waals surface area contributed by atoms with Crippen molar-refractivity contribution in [1.29, 1.82) is 0 Å². The number of anilines is 2. The lowest BCUT2D eigenvalue weighted by Crippen LogP contribution is -2.37. The number of rotatable bonds is 6. The average Bonchev–Trinajstić information content (AvgIpc) is 3.46. The fourth-order valence-electron chi connectivity index (χ4n) is 3.92. The van der Waals surface area contributed by atoms with Gasteiger partial charge in [-0.15, -0.1) is 0 Å². The molecule has 0 bridgehead atoms. The van der Waals surface area contributed by atoms with Crippen molar-refractivity contribution in [2.45, 2.75) is 13.5 Å². The summed E-state index contributed by atoms with van der Waals surface area (Å²) in [7, 11) is 3.78. The van der Waals surface area contributed by atoms with Crippen molar-refractivity contribution in [3.05, 3.63) is 40.1 Å². The molecule has 0 aromatic carbocycles. The van der Waals surface area contributed by atoms with E-state index in [1.165, 1.54) is 12.4 Å². The van der Waals surface area contributed by atoms with Gasteiger partial charge >= 0.3 is 0 Å². The molecule has 0 aliphatic carbocycles. The highest BCUT2D eigenvalue weighted by Gasteiger charge is 2.24. The first-order valence-electron chi connectivity index (χ1n) is 11.0. The van der Waals surface area contributed by atoms with Gasteiger partial charge in [0.25, 0.3) is 5.91 Å². The quantitative estimate of drug-likeness (QED) is 0.301. The molecule has 2 N–H and O–H groups in total. The van der Waals surface area contributed by atoms with E-state index in [4.69, 9.17) is 24.9 Å². The third kappa shape index (κ3) is 4.40. The number of ether oxygens (including phenoxy) is 1. The first kappa shape index (κ1) is 23.1. The Hall–Kier alpha value is -3.68. The van der Waals surface area contributed by atoms with Gasteiger partial charge in [-0.25, -0.2) is 30.4 Å². The van der Waals surface area contributed by atoms with E-state index in [0.29, 0.717) is 31.5 Å². The Balaban J connectivity index is 1.52. The zero-order chi connectivity index (χ0) is 24.5. The Morgan fingerprint density at radius 1 is 1.20 bits per heavy atom. The lowest BCUT2D eigenvalue weighted by molar-refractivity contribution is 0.0705. The Labute approximate surface area is 205 Å². The van der Waals surface area contributed by atoms with Crippen LogP contribution in [0.2, 0.25) is 0 Å². The molecule has 35 heavy (non-hydrogen) atoms. The molecule has 0 radical (unpaired) electrons. The topological polar surface area (TPSA) is 134 Å². The van der Waals surface area contributed by atoms with Gasteiger partial charge in [0.1, 0.15) is 5.82 Å². The van der Waals surface area contributed by atoms with Gasteiger partial charge in [-0.05, 0) is 17.9 Å². The largest absolute Gasteiger partial charge is 0.378 e. The fourth-order valence-corrected chi connectivity index (χ4v) is 4.75. The number of carbonyl (C=O) groups is 1. The van der Waals surface area contributed by atoms with Crippen molar-refractivity contribution in [3.63, 3.8) is 0 Å².